The highest BCUT2D eigenvalue weighted by atomic mass is 79.9. The molecule has 0 bridgehead atoms. The molecule has 104 valence electrons. The number of methoxy groups -OCH3 is 1. The van der Waals surface area contributed by atoms with Crippen molar-refractivity contribution >= 4 is 43.5 Å². The van der Waals surface area contributed by atoms with Gasteiger partial charge in [0.15, 0.2) is 11.6 Å². The monoisotopic (exact) mass is 401 g/mol. The molecule has 0 radical (unpaired) electrons. The van der Waals surface area contributed by atoms with Crippen molar-refractivity contribution in [3.05, 3.63) is 56.7 Å². The van der Waals surface area contributed by atoms with Crippen LogP contribution in [0.4, 0.5) is 10.1 Å². The zero-order chi connectivity index (χ0) is 14.7. The number of rotatable bonds is 3. The second kappa shape index (κ2) is 6.37. The molecule has 2 aromatic rings. The van der Waals surface area contributed by atoms with Crippen molar-refractivity contribution in [2.24, 2.45) is 0 Å². The van der Waals surface area contributed by atoms with Gasteiger partial charge in [-0.05, 0) is 30.3 Å². The van der Waals surface area contributed by atoms with Crippen molar-refractivity contribution < 1.29 is 13.9 Å². The average Bonchev–Trinajstić information content (AvgIpc) is 2.37. The quantitative estimate of drug-likeness (QED) is 0.813. The number of benzene rings is 2. The zero-order valence-electron chi connectivity index (χ0n) is 10.4. The number of hydrogen-bond acceptors (Lipinski definition) is 2. The minimum Gasteiger partial charge on any atom is -0.494 e. The SMILES string of the molecule is COc1ccc(NC(=O)c2cc(Br)cc(Br)c2)cc1F. The van der Waals surface area contributed by atoms with Gasteiger partial charge in [0.25, 0.3) is 5.91 Å². The number of anilines is 1. The minimum absolute atomic E-state index is 0.133. The van der Waals surface area contributed by atoms with Crippen LogP contribution in [0.5, 0.6) is 5.75 Å². The van der Waals surface area contributed by atoms with Crippen LogP contribution in [-0.2, 0) is 0 Å². The van der Waals surface area contributed by atoms with Gasteiger partial charge in [-0.2, -0.15) is 0 Å². The highest BCUT2D eigenvalue weighted by Gasteiger charge is 2.10. The first kappa shape index (κ1) is 15.0. The van der Waals surface area contributed by atoms with Crippen LogP contribution in [-0.4, -0.2) is 13.0 Å². The third-order valence-electron chi connectivity index (χ3n) is 2.53. The van der Waals surface area contributed by atoms with Crippen LogP contribution >= 0.6 is 31.9 Å². The van der Waals surface area contributed by atoms with Crippen molar-refractivity contribution in [3.8, 4) is 5.75 Å². The summed E-state index contributed by atoms with van der Waals surface area (Å²) in [6.45, 7) is 0. The van der Waals surface area contributed by atoms with Crippen molar-refractivity contribution in [3.63, 3.8) is 0 Å². The zero-order valence-corrected chi connectivity index (χ0v) is 13.6. The van der Waals surface area contributed by atoms with Gasteiger partial charge in [0.2, 0.25) is 0 Å². The number of ether oxygens (including phenoxy) is 1. The molecule has 0 aromatic heterocycles. The summed E-state index contributed by atoms with van der Waals surface area (Å²) >= 11 is 6.62. The second-order valence-corrected chi connectivity index (χ2v) is 5.79. The summed E-state index contributed by atoms with van der Waals surface area (Å²) in [6, 6.07) is 9.43. The number of hydrogen-bond donors (Lipinski definition) is 1. The summed E-state index contributed by atoms with van der Waals surface area (Å²) < 4.78 is 19.9. The van der Waals surface area contributed by atoms with Crippen LogP contribution in [0.1, 0.15) is 10.4 Å². The molecule has 3 nitrogen and oxygen atoms in total. The Morgan fingerprint density at radius 3 is 2.35 bits per heavy atom. The molecule has 0 saturated heterocycles. The molecule has 0 fully saturated rings. The number of nitrogens with one attached hydrogen (secondary N) is 1. The van der Waals surface area contributed by atoms with E-state index in [4.69, 9.17) is 4.74 Å². The molecule has 0 atom stereocenters. The van der Waals surface area contributed by atoms with Gasteiger partial charge in [-0.1, -0.05) is 31.9 Å². The van der Waals surface area contributed by atoms with Crippen molar-refractivity contribution in [2.75, 3.05) is 12.4 Å². The molecule has 1 amide bonds. The van der Waals surface area contributed by atoms with E-state index in [1.807, 2.05) is 6.07 Å². The highest BCUT2D eigenvalue weighted by molar-refractivity contribution is 9.11. The van der Waals surface area contributed by atoms with Gasteiger partial charge in [-0.15, -0.1) is 0 Å². The Labute approximate surface area is 132 Å². The van der Waals surface area contributed by atoms with Gasteiger partial charge in [0.05, 0.1) is 7.11 Å². The lowest BCUT2D eigenvalue weighted by Gasteiger charge is -2.08. The maximum atomic E-state index is 13.5. The smallest absolute Gasteiger partial charge is 0.255 e. The van der Waals surface area contributed by atoms with Crippen molar-refractivity contribution in [1.29, 1.82) is 0 Å². The Kier molecular flexibility index (Phi) is 4.77. The van der Waals surface area contributed by atoms with Crippen molar-refractivity contribution in [1.82, 2.24) is 0 Å². The normalized spacial score (nSPS) is 10.2. The molecule has 0 aliphatic carbocycles. The number of halogens is 3. The number of carbonyl (C=O) groups excluding carboxylic acids is 1. The van der Waals surface area contributed by atoms with Crippen LogP contribution < -0.4 is 10.1 Å². The van der Waals surface area contributed by atoms with Crippen LogP contribution in [0.15, 0.2) is 45.3 Å². The summed E-state index contributed by atoms with van der Waals surface area (Å²) in [5.74, 6) is -0.717. The minimum atomic E-state index is -0.527. The summed E-state index contributed by atoms with van der Waals surface area (Å²) in [5, 5.41) is 2.63. The first-order valence-corrected chi connectivity index (χ1v) is 7.19. The predicted octanol–water partition coefficient (Wildman–Crippen LogP) is 4.61. The highest BCUT2D eigenvalue weighted by Crippen LogP contribution is 2.23. The van der Waals surface area contributed by atoms with Gasteiger partial charge in [-0.3, -0.25) is 4.79 Å². The molecule has 2 aromatic carbocycles. The van der Waals surface area contributed by atoms with Crippen LogP contribution in [0.3, 0.4) is 0 Å². The average molecular weight is 403 g/mol. The first-order valence-electron chi connectivity index (χ1n) is 5.60. The first-order chi connectivity index (χ1) is 9.49. The molecular formula is C14H10Br2FNO2. The van der Waals surface area contributed by atoms with Gasteiger partial charge in [0, 0.05) is 26.3 Å². The lowest BCUT2D eigenvalue weighted by Crippen LogP contribution is -2.12. The summed E-state index contributed by atoms with van der Waals surface area (Å²) in [5.41, 5.74) is 0.826. The molecule has 20 heavy (non-hydrogen) atoms. The topological polar surface area (TPSA) is 38.3 Å². The fourth-order valence-electron chi connectivity index (χ4n) is 1.63. The number of carbonyl (C=O) groups is 1. The van der Waals surface area contributed by atoms with Crippen LogP contribution in [0.2, 0.25) is 0 Å². The summed E-state index contributed by atoms with van der Waals surface area (Å²) in [4.78, 5) is 12.1. The van der Waals surface area contributed by atoms with E-state index in [-0.39, 0.29) is 11.7 Å². The largest absolute Gasteiger partial charge is 0.494 e. The van der Waals surface area contributed by atoms with Gasteiger partial charge < -0.3 is 10.1 Å². The fraction of sp³-hybridized carbons (Fsp3) is 0.0714. The fourth-order valence-corrected chi connectivity index (χ4v) is 2.93. The summed E-state index contributed by atoms with van der Waals surface area (Å²) in [6.07, 6.45) is 0. The van der Waals surface area contributed by atoms with E-state index in [1.165, 1.54) is 19.2 Å². The maximum Gasteiger partial charge on any atom is 0.255 e. The Bertz CT molecular complexity index is 641. The lowest BCUT2D eigenvalue weighted by atomic mass is 10.2. The van der Waals surface area contributed by atoms with E-state index < -0.39 is 5.82 Å². The molecule has 0 unspecified atom stereocenters. The van der Waals surface area contributed by atoms with Gasteiger partial charge in [-0.25, -0.2) is 4.39 Å². The van der Waals surface area contributed by atoms with E-state index in [0.717, 1.165) is 8.95 Å². The third kappa shape index (κ3) is 3.58. The summed E-state index contributed by atoms with van der Waals surface area (Å²) in [7, 11) is 1.38. The van der Waals surface area contributed by atoms with E-state index in [1.54, 1.807) is 18.2 Å². The third-order valence-corrected chi connectivity index (χ3v) is 3.45. The standard InChI is InChI=1S/C14H10Br2FNO2/c1-20-13-3-2-11(7-12(13)17)18-14(19)8-4-9(15)6-10(16)5-8/h2-7H,1H3,(H,18,19). The van der Waals surface area contributed by atoms with E-state index in [0.29, 0.717) is 11.3 Å². The molecule has 0 heterocycles. The molecule has 0 aliphatic rings. The Morgan fingerprint density at radius 2 is 1.80 bits per heavy atom. The Morgan fingerprint density at radius 1 is 1.15 bits per heavy atom. The predicted molar refractivity (Wildman–Crippen MR) is 82.7 cm³/mol. The Hall–Kier alpha value is -1.40. The van der Waals surface area contributed by atoms with Crippen LogP contribution in [0, 0.1) is 5.82 Å². The lowest BCUT2D eigenvalue weighted by molar-refractivity contribution is 0.102. The molecule has 6 heteroatoms. The van der Waals surface area contributed by atoms with Gasteiger partial charge >= 0.3 is 0 Å². The molecular weight excluding hydrogens is 393 g/mol. The van der Waals surface area contributed by atoms with Crippen LogP contribution in [0.25, 0.3) is 0 Å². The van der Waals surface area contributed by atoms with Crippen molar-refractivity contribution in [2.45, 2.75) is 0 Å². The van der Waals surface area contributed by atoms with Gasteiger partial charge in [0.1, 0.15) is 0 Å². The molecule has 1 N–H and O–H groups in total. The Balaban J connectivity index is 2.21. The van der Waals surface area contributed by atoms with E-state index in [2.05, 4.69) is 37.2 Å². The maximum absolute atomic E-state index is 13.5. The molecule has 0 saturated carbocycles. The molecule has 0 spiro atoms. The second-order valence-electron chi connectivity index (χ2n) is 3.96. The van der Waals surface area contributed by atoms with E-state index in [9.17, 15) is 9.18 Å². The van der Waals surface area contributed by atoms with E-state index >= 15 is 0 Å². The molecule has 0 aliphatic heterocycles. The molecule has 2 rings (SSSR count). The number of amides is 1.